The molecule has 0 saturated heterocycles. The number of Topliss-reactive ketones (excluding diaryl/α,β-unsaturated/α-hetero) is 1. The van der Waals surface area contributed by atoms with E-state index in [0.717, 1.165) is 74.7 Å². The Hall–Kier alpha value is -11.4. The lowest BCUT2D eigenvalue weighted by Crippen LogP contribution is -2.43. The normalized spacial score (nSPS) is 15.3. The van der Waals surface area contributed by atoms with Crippen molar-refractivity contribution in [3.8, 4) is 45.5 Å². The van der Waals surface area contributed by atoms with Gasteiger partial charge in [0.2, 0.25) is 23.6 Å². The zero-order valence-corrected chi connectivity index (χ0v) is 70.6. The van der Waals surface area contributed by atoms with E-state index in [4.69, 9.17) is 62.1 Å². The van der Waals surface area contributed by atoms with E-state index in [1.165, 1.54) is 6.92 Å². The second-order valence-corrected chi connectivity index (χ2v) is 29.8. The molecule has 4 N–H and O–H groups in total. The van der Waals surface area contributed by atoms with Crippen molar-refractivity contribution in [2.75, 3.05) is 144 Å². The number of carbonyl (C=O) groups excluding carboxylic acids is 7. The standard InChI is InChI=1S/C46H46N6O7.C45H66N6O11/c1-27-17-37-39(48-23-34-19-32(26-51(34)45(37)54)30-9-13-36(56-4)14-10-30)21-41(27)58-15-6-16-59-43-22-40-38(20-42(43)57-5)46(55)52-25-31(18-35(52)24-49-40)29-7-11-33(12-8-29)50-44(53)28(2)47-3;1-5-19-56-23-27-60-30-26-59-22-18-51-45-38-12-8-9-13-39(38)50(33-36-10-6-7-11-37(36)44(45)48-49-51)42(55)15-14-40(53)46-17-21-58-25-29-62-32-31-61-28-24-57-20-16-41(54)47-43(34(2)3)35(4)52/h7-14,17,20-26,28,34-35,47H,6,15-16,18-19H2,1-5H3,(H,50,53);6-13,34,43H,5,14-33H2,1-4H3,(H,46,53)(H,47,54)/t28-,34-,35-;/m0./s1. The first-order chi connectivity index (χ1) is 58.8. The quantitative estimate of drug-likeness (QED) is 0.0258. The van der Waals surface area contributed by atoms with Crippen LogP contribution in [0.3, 0.4) is 0 Å². The van der Waals surface area contributed by atoms with Gasteiger partial charge in [0.15, 0.2) is 17.3 Å². The van der Waals surface area contributed by atoms with Crippen molar-refractivity contribution in [1.82, 2.24) is 40.7 Å². The van der Waals surface area contributed by atoms with Crippen molar-refractivity contribution in [3.63, 3.8) is 0 Å². The fourth-order valence-electron chi connectivity index (χ4n) is 14.2. The van der Waals surface area contributed by atoms with Gasteiger partial charge in [0.05, 0.1) is 184 Å². The summed E-state index contributed by atoms with van der Waals surface area (Å²) in [6.07, 6.45) is 10.5. The Morgan fingerprint density at radius 1 is 0.562 bits per heavy atom. The van der Waals surface area contributed by atoms with E-state index in [9.17, 15) is 33.6 Å². The minimum absolute atomic E-state index is 0.0223. The molecule has 5 aliphatic rings. The molecule has 7 aromatic rings. The summed E-state index contributed by atoms with van der Waals surface area (Å²) < 4.78 is 64.0. The van der Waals surface area contributed by atoms with Crippen LogP contribution < -0.4 is 45.1 Å². The Kier molecular flexibility index (Phi) is 34.3. The number of para-hydroxylation sites is 1. The second kappa shape index (κ2) is 45.9. The van der Waals surface area contributed by atoms with Gasteiger partial charge in [0.1, 0.15) is 17.2 Å². The number of hydrogen-bond donors (Lipinski definition) is 4. The molecular formula is C91H112N12O18. The number of carbonyl (C=O) groups is 7. The highest BCUT2D eigenvalue weighted by Crippen LogP contribution is 2.44. The lowest BCUT2D eigenvalue weighted by molar-refractivity contribution is -0.128. The lowest BCUT2D eigenvalue weighted by atomic mass is 9.95. The number of amides is 6. The first-order valence-electron chi connectivity index (χ1n) is 41.4. The van der Waals surface area contributed by atoms with Gasteiger partial charge in [-0.3, -0.25) is 43.5 Å². The molecule has 0 radical (unpaired) electrons. The molecular weight excluding hydrogens is 1550 g/mol. The van der Waals surface area contributed by atoms with E-state index < -0.39 is 6.04 Å². The molecule has 6 aromatic carbocycles. The van der Waals surface area contributed by atoms with E-state index in [2.05, 4.69) is 38.5 Å². The Morgan fingerprint density at radius 3 is 1.71 bits per heavy atom. The molecule has 1 aromatic heterocycles. The topological polar surface area (TPSA) is 334 Å². The van der Waals surface area contributed by atoms with Gasteiger partial charge >= 0.3 is 0 Å². The minimum atomic E-state index is -0.482. The van der Waals surface area contributed by atoms with Crippen LogP contribution >= 0.6 is 0 Å². The highest BCUT2D eigenvalue weighted by molar-refractivity contribution is 6.07. The summed E-state index contributed by atoms with van der Waals surface area (Å²) in [6.45, 7) is 18.7. The average Bonchev–Trinajstić information content (AvgIpc) is 1.66. The van der Waals surface area contributed by atoms with E-state index >= 15 is 0 Å². The number of aryl methyl sites for hydroxylation is 1. The zero-order valence-electron chi connectivity index (χ0n) is 70.6. The van der Waals surface area contributed by atoms with Gasteiger partial charge in [-0.2, -0.15) is 0 Å². The van der Waals surface area contributed by atoms with Crippen LogP contribution in [-0.2, 0) is 70.2 Å². The molecule has 30 heteroatoms. The van der Waals surface area contributed by atoms with Crippen LogP contribution in [0.25, 0.3) is 33.7 Å². The zero-order chi connectivity index (χ0) is 85.6. The lowest BCUT2D eigenvalue weighted by Gasteiger charge is -2.28. The van der Waals surface area contributed by atoms with Gasteiger partial charge in [-0.25, -0.2) is 4.68 Å². The Balaban J connectivity index is 0.000000236. The largest absolute Gasteiger partial charge is 0.497 e. The molecule has 1 unspecified atom stereocenters. The van der Waals surface area contributed by atoms with E-state index in [1.54, 1.807) is 61.2 Å². The molecule has 0 aliphatic carbocycles. The molecule has 30 nitrogen and oxygen atoms in total. The number of rotatable bonds is 45. The smallest absolute Gasteiger partial charge is 0.260 e. The predicted octanol–water partition coefficient (Wildman–Crippen LogP) is 11.4. The Bertz CT molecular complexity index is 4810. The average molecular weight is 1660 g/mol. The molecule has 6 amide bonds. The van der Waals surface area contributed by atoms with E-state index in [0.29, 0.717) is 183 Å². The number of nitrogens with one attached hydrogen (secondary N) is 4. The fraction of sp³-hybridized carbons (Fsp3) is 0.440. The summed E-state index contributed by atoms with van der Waals surface area (Å²) in [6, 6.07) is 36.9. The second-order valence-electron chi connectivity index (χ2n) is 29.8. The summed E-state index contributed by atoms with van der Waals surface area (Å²) in [5.74, 6) is 1.28. The fourth-order valence-corrected chi connectivity index (χ4v) is 14.2. The van der Waals surface area contributed by atoms with Gasteiger partial charge in [0, 0.05) is 105 Å². The number of hydrogen-bond acceptors (Lipinski definition) is 23. The summed E-state index contributed by atoms with van der Waals surface area (Å²) in [5.41, 5.74) is 12.5. The first-order valence-corrected chi connectivity index (χ1v) is 41.4. The Morgan fingerprint density at radius 2 is 1.12 bits per heavy atom. The summed E-state index contributed by atoms with van der Waals surface area (Å²) in [4.78, 5) is 105. The van der Waals surface area contributed by atoms with Gasteiger partial charge in [-0.05, 0) is 116 Å². The molecule has 121 heavy (non-hydrogen) atoms. The van der Waals surface area contributed by atoms with Gasteiger partial charge < -0.3 is 88.1 Å². The highest BCUT2D eigenvalue weighted by Gasteiger charge is 2.37. The van der Waals surface area contributed by atoms with Crippen molar-refractivity contribution >= 4 is 87.6 Å². The third kappa shape index (κ3) is 24.9. The number of anilines is 2. The molecule has 0 bridgehead atoms. The predicted molar refractivity (Wildman–Crippen MR) is 460 cm³/mol. The number of aromatic nitrogens is 3. The van der Waals surface area contributed by atoms with Crippen LogP contribution in [0.1, 0.15) is 123 Å². The maximum Gasteiger partial charge on any atom is 0.260 e. The summed E-state index contributed by atoms with van der Waals surface area (Å²) >= 11 is 0. The van der Waals surface area contributed by atoms with Gasteiger partial charge in [-0.15, -0.1) is 5.10 Å². The molecule has 0 spiro atoms. The van der Waals surface area contributed by atoms with Crippen LogP contribution in [0.5, 0.6) is 23.0 Å². The SMILES string of the molecule is CCCOCCOCCOCCn1nnc2c1-c1ccccc1N(C(=O)CCC(=O)NCCOCCOCCOCCOCCC(=O)NC(C(C)=O)C(C)C)Cc1ccccc1-2.CN[C@@H](C)C(=O)Nc1ccc(C2=CN3C(=O)c4cc(OC)c(OCCCOc5cc6c(cc5C)C(=O)N5C=C(c7ccc(OC)cc7)C[C@H]5C=N6)cc4N=C[C@@H]3C2)cc1. The van der Waals surface area contributed by atoms with Crippen LogP contribution in [0.4, 0.5) is 22.7 Å². The van der Waals surface area contributed by atoms with Gasteiger partial charge in [0.25, 0.3) is 11.8 Å². The summed E-state index contributed by atoms with van der Waals surface area (Å²) in [7, 11) is 4.92. The van der Waals surface area contributed by atoms with Crippen LogP contribution in [-0.4, -0.2) is 236 Å². The van der Waals surface area contributed by atoms with Crippen molar-refractivity contribution in [1.29, 1.82) is 0 Å². The van der Waals surface area contributed by atoms with E-state index in [1.807, 2.05) is 153 Å². The number of likely N-dealkylation sites (N-methyl/N-ethyl adjacent to an activating group) is 1. The number of methoxy groups -OCH3 is 2. The van der Waals surface area contributed by atoms with Crippen LogP contribution in [0.15, 0.2) is 144 Å². The number of ether oxygens (including phenoxy) is 11. The van der Waals surface area contributed by atoms with Crippen molar-refractivity contribution in [2.45, 2.75) is 124 Å². The number of nitrogens with zero attached hydrogens (tertiary/aromatic N) is 8. The van der Waals surface area contributed by atoms with Crippen LogP contribution in [0.2, 0.25) is 0 Å². The molecule has 644 valence electrons. The Labute approximate surface area is 706 Å². The minimum Gasteiger partial charge on any atom is -0.497 e. The molecule has 6 heterocycles. The molecule has 4 atom stereocenters. The van der Waals surface area contributed by atoms with Crippen molar-refractivity contribution in [3.05, 3.63) is 167 Å². The highest BCUT2D eigenvalue weighted by atomic mass is 16.6. The maximum atomic E-state index is 13.9. The number of fused-ring (bicyclic) bond motifs is 9. The third-order valence-electron chi connectivity index (χ3n) is 20.8. The van der Waals surface area contributed by atoms with Crippen molar-refractivity contribution in [2.24, 2.45) is 15.9 Å². The molecule has 5 aliphatic heterocycles. The number of benzene rings is 6. The van der Waals surface area contributed by atoms with Gasteiger partial charge in [-0.1, -0.05) is 92.7 Å². The summed E-state index contributed by atoms with van der Waals surface area (Å²) in [5, 5.41) is 20.5. The third-order valence-corrected chi connectivity index (χ3v) is 20.8. The van der Waals surface area contributed by atoms with E-state index in [-0.39, 0.29) is 91.1 Å². The number of aliphatic imine (C=N–C) groups is 2. The molecule has 0 saturated carbocycles. The maximum absolute atomic E-state index is 13.9. The number of ketones is 1. The molecule has 0 fully saturated rings. The van der Waals surface area contributed by atoms with Crippen molar-refractivity contribution < 1.29 is 85.7 Å². The monoisotopic (exact) mass is 1660 g/mol. The first kappa shape index (κ1) is 90.4. The van der Waals surface area contributed by atoms with Crippen LogP contribution in [0, 0.1) is 12.8 Å². The molecule has 12 rings (SSSR count).